The Morgan fingerprint density at radius 3 is 2.27 bits per heavy atom. The topological polar surface area (TPSA) is 159 Å². The van der Waals surface area contributed by atoms with Crippen molar-refractivity contribution in [1.29, 1.82) is 0 Å². The number of carbonyl (C=O) groups is 1. The van der Waals surface area contributed by atoms with Gasteiger partial charge in [0.1, 0.15) is 5.75 Å². The number of hydrogen-bond donors (Lipinski definition) is 3. The van der Waals surface area contributed by atoms with Crippen molar-refractivity contribution in [2.24, 2.45) is 11.1 Å². The SMILES string of the molecule is COc1ccc(S(=O)(=O)N(CC2CCCC2)C[C@@H](O)CN(CCc2ccccc2)C(=O)Cc2cccc(NS(N)(=O)=O)c2)cc1. The molecule has 13 heteroatoms. The zero-order valence-electron chi connectivity index (χ0n) is 25.4. The number of nitrogens with zero attached hydrogens (tertiary/aromatic N) is 2. The second-order valence-corrected chi connectivity index (χ2v) is 14.6. The van der Waals surface area contributed by atoms with Gasteiger partial charge < -0.3 is 14.7 Å². The van der Waals surface area contributed by atoms with Gasteiger partial charge in [-0.05, 0) is 72.7 Å². The first kappa shape index (κ1) is 34.4. The van der Waals surface area contributed by atoms with E-state index in [9.17, 15) is 26.7 Å². The Morgan fingerprint density at radius 2 is 1.62 bits per heavy atom. The number of nitrogens with one attached hydrogen (secondary N) is 1. The summed E-state index contributed by atoms with van der Waals surface area (Å²) in [5, 5.41) is 16.4. The fraction of sp³-hybridized carbons (Fsp3) is 0.406. The summed E-state index contributed by atoms with van der Waals surface area (Å²) < 4.78 is 59.3. The van der Waals surface area contributed by atoms with Crippen LogP contribution in [-0.2, 0) is 37.9 Å². The first-order chi connectivity index (χ1) is 21.4. The first-order valence-electron chi connectivity index (χ1n) is 15.0. The molecule has 1 aliphatic carbocycles. The lowest BCUT2D eigenvalue weighted by Gasteiger charge is -2.30. The molecule has 0 bridgehead atoms. The summed E-state index contributed by atoms with van der Waals surface area (Å²) in [6.45, 7) is 0.323. The molecule has 0 saturated heterocycles. The van der Waals surface area contributed by atoms with Gasteiger partial charge in [0.15, 0.2) is 0 Å². The molecule has 1 amide bonds. The molecule has 1 saturated carbocycles. The molecule has 3 aromatic rings. The van der Waals surface area contributed by atoms with Gasteiger partial charge >= 0.3 is 0 Å². The largest absolute Gasteiger partial charge is 0.497 e. The summed E-state index contributed by atoms with van der Waals surface area (Å²) in [6.07, 6.45) is 3.24. The number of benzene rings is 3. The Kier molecular flexibility index (Phi) is 12.0. The van der Waals surface area contributed by atoms with E-state index in [-0.39, 0.29) is 48.5 Å². The van der Waals surface area contributed by atoms with Gasteiger partial charge in [0, 0.05) is 26.2 Å². The minimum atomic E-state index is -3.99. The lowest BCUT2D eigenvalue weighted by atomic mass is 10.1. The summed E-state index contributed by atoms with van der Waals surface area (Å²) >= 11 is 0. The van der Waals surface area contributed by atoms with Gasteiger partial charge in [-0.1, -0.05) is 55.3 Å². The van der Waals surface area contributed by atoms with E-state index in [4.69, 9.17) is 9.88 Å². The Labute approximate surface area is 266 Å². The van der Waals surface area contributed by atoms with Crippen LogP contribution in [0.4, 0.5) is 5.69 Å². The summed E-state index contributed by atoms with van der Waals surface area (Å²) in [5.41, 5.74) is 1.79. The van der Waals surface area contributed by atoms with Crippen molar-refractivity contribution in [3.05, 3.63) is 90.0 Å². The van der Waals surface area contributed by atoms with Crippen molar-refractivity contribution < 1.29 is 31.5 Å². The molecular formula is C32H42N4O7S2. The van der Waals surface area contributed by atoms with Crippen LogP contribution in [0, 0.1) is 5.92 Å². The molecule has 0 heterocycles. The summed E-state index contributed by atoms with van der Waals surface area (Å²) in [6, 6.07) is 22.2. The number of amides is 1. The Balaban J connectivity index is 1.53. The molecule has 3 aromatic carbocycles. The van der Waals surface area contributed by atoms with Crippen LogP contribution in [0.3, 0.4) is 0 Å². The number of ether oxygens (including phenoxy) is 1. The van der Waals surface area contributed by atoms with E-state index in [1.807, 2.05) is 30.3 Å². The van der Waals surface area contributed by atoms with E-state index in [1.165, 1.54) is 40.6 Å². The second kappa shape index (κ2) is 15.7. The van der Waals surface area contributed by atoms with Crippen LogP contribution >= 0.6 is 0 Å². The van der Waals surface area contributed by atoms with E-state index in [1.54, 1.807) is 24.3 Å². The van der Waals surface area contributed by atoms with Crippen LogP contribution in [0.15, 0.2) is 83.8 Å². The molecule has 0 spiro atoms. The van der Waals surface area contributed by atoms with Crippen LogP contribution < -0.4 is 14.6 Å². The van der Waals surface area contributed by atoms with Crippen molar-refractivity contribution in [2.45, 2.75) is 49.5 Å². The van der Waals surface area contributed by atoms with Gasteiger partial charge in [-0.3, -0.25) is 9.52 Å². The number of anilines is 1. The maximum absolute atomic E-state index is 13.8. The van der Waals surface area contributed by atoms with E-state index < -0.39 is 26.3 Å². The van der Waals surface area contributed by atoms with Gasteiger partial charge in [0.05, 0.1) is 30.2 Å². The minimum absolute atomic E-state index is 0.0580. The molecule has 0 radical (unpaired) electrons. The average molecular weight is 659 g/mol. The normalized spacial score (nSPS) is 14.8. The zero-order valence-corrected chi connectivity index (χ0v) is 27.0. The fourth-order valence-corrected chi connectivity index (χ4v) is 7.63. The summed E-state index contributed by atoms with van der Waals surface area (Å²) in [4.78, 5) is 15.3. The Morgan fingerprint density at radius 1 is 0.956 bits per heavy atom. The molecular weight excluding hydrogens is 617 g/mol. The zero-order chi connectivity index (χ0) is 32.5. The Hall–Kier alpha value is -3.49. The predicted molar refractivity (Wildman–Crippen MR) is 173 cm³/mol. The highest BCUT2D eigenvalue weighted by atomic mass is 32.2. The number of rotatable bonds is 16. The average Bonchev–Trinajstić information content (AvgIpc) is 3.52. The third-order valence-corrected chi connectivity index (χ3v) is 10.3. The van der Waals surface area contributed by atoms with E-state index in [0.717, 1.165) is 31.2 Å². The Bertz CT molecular complexity index is 1610. The number of carbonyl (C=O) groups excluding carboxylic acids is 1. The number of aliphatic hydroxyl groups excluding tert-OH is 1. The third kappa shape index (κ3) is 10.5. The smallest absolute Gasteiger partial charge is 0.296 e. The molecule has 244 valence electrons. The first-order valence-corrected chi connectivity index (χ1v) is 17.9. The van der Waals surface area contributed by atoms with Crippen LogP contribution in [0.5, 0.6) is 5.75 Å². The number of methoxy groups -OCH3 is 1. The molecule has 45 heavy (non-hydrogen) atoms. The van der Waals surface area contributed by atoms with Crippen LogP contribution in [0.1, 0.15) is 36.8 Å². The highest BCUT2D eigenvalue weighted by Gasteiger charge is 2.31. The number of aliphatic hydroxyl groups is 1. The molecule has 1 fully saturated rings. The monoisotopic (exact) mass is 658 g/mol. The fourth-order valence-electron chi connectivity index (χ4n) is 5.62. The summed E-state index contributed by atoms with van der Waals surface area (Å²) in [5.74, 6) is 0.437. The lowest BCUT2D eigenvalue weighted by Crippen LogP contribution is -2.46. The van der Waals surface area contributed by atoms with Crippen LogP contribution in [-0.4, -0.2) is 76.4 Å². The van der Waals surface area contributed by atoms with Gasteiger partial charge in [-0.15, -0.1) is 0 Å². The lowest BCUT2D eigenvalue weighted by molar-refractivity contribution is -0.132. The van der Waals surface area contributed by atoms with E-state index >= 15 is 0 Å². The molecule has 4 rings (SSSR count). The molecule has 1 aliphatic rings. The third-order valence-electron chi connectivity index (χ3n) is 7.89. The minimum Gasteiger partial charge on any atom is -0.497 e. The molecule has 0 aromatic heterocycles. The van der Waals surface area contributed by atoms with Crippen molar-refractivity contribution in [3.8, 4) is 5.75 Å². The van der Waals surface area contributed by atoms with Crippen LogP contribution in [0.2, 0.25) is 0 Å². The maximum Gasteiger partial charge on any atom is 0.296 e. The number of sulfonamides is 1. The number of nitrogens with two attached hydrogens (primary N) is 1. The summed E-state index contributed by atoms with van der Waals surface area (Å²) in [7, 11) is -6.42. The van der Waals surface area contributed by atoms with Gasteiger partial charge in [-0.2, -0.15) is 12.7 Å². The van der Waals surface area contributed by atoms with Crippen molar-refractivity contribution in [1.82, 2.24) is 9.21 Å². The molecule has 0 aliphatic heterocycles. The highest BCUT2D eigenvalue weighted by Crippen LogP contribution is 2.28. The molecule has 4 N–H and O–H groups in total. The number of hydrogen-bond acceptors (Lipinski definition) is 7. The second-order valence-electron chi connectivity index (χ2n) is 11.4. The van der Waals surface area contributed by atoms with Crippen molar-refractivity contribution in [3.63, 3.8) is 0 Å². The van der Waals surface area contributed by atoms with Crippen molar-refractivity contribution >= 4 is 31.8 Å². The van der Waals surface area contributed by atoms with E-state index in [2.05, 4.69) is 4.72 Å². The van der Waals surface area contributed by atoms with Gasteiger partial charge in [-0.25, -0.2) is 13.6 Å². The standard InChI is InChI=1S/C32H42N4O7S2/c1-43-30-14-16-31(17-15-30)44(39,40)36(22-26-10-5-6-11-26)24-29(37)23-35(19-18-25-8-3-2-4-9-25)32(38)21-27-12-7-13-28(20-27)34-45(33,41)42/h2-4,7-9,12-17,20,26,29,34,37H,5-6,10-11,18-19,21-24H2,1H3,(H2,33,41,42)/t29-/m0/s1. The maximum atomic E-state index is 13.8. The highest BCUT2D eigenvalue weighted by molar-refractivity contribution is 7.90. The molecule has 0 unspecified atom stereocenters. The van der Waals surface area contributed by atoms with Gasteiger partial charge in [0.2, 0.25) is 15.9 Å². The van der Waals surface area contributed by atoms with E-state index in [0.29, 0.717) is 24.3 Å². The van der Waals surface area contributed by atoms with Gasteiger partial charge in [0.25, 0.3) is 10.2 Å². The van der Waals surface area contributed by atoms with Crippen LogP contribution in [0.25, 0.3) is 0 Å². The van der Waals surface area contributed by atoms with Crippen molar-refractivity contribution in [2.75, 3.05) is 38.0 Å². The molecule has 1 atom stereocenters. The predicted octanol–water partition coefficient (Wildman–Crippen LogP) is 3.17. The molecule has 11 nitrogen and oxygen atoms in total. The quantitative estimate of drug-likeness (QED) is 0.213.